The molecule has 224 valence electrons. The summed E-state index contributed by atoms with van der Waals surface area (Å²) in [6.07, 6.45) is 0. The number of fused-ring (bicyclic) bond motifs is 10. The summed E-state index contributed by atoms with van der Waals surface area (Å²) in [6, 6.07) is 10.6. The molecule has 11 rings (SSSR count). The average molecular weight is 629 g/mol. The van der Waals surface area contributed by atoms with Gasteiger partial charge in [-0.2, -0.15) is 0 Å². The van der Waals surface area contributed by atoms with E-state index in [4.69, 9.17) is 17.7 Å². The molecule has 2 aromatic heterocycles. The van der Waals surface area contributed by atoms with E-state index in [1.807, 2.05) is 48.5 Å². The van der Waals surface area contributed by atoms with Gasteiger partial charge < -0.3 is 18.6 Å². The molecule has 0 spiro atoms. The van der Waals surface area contributed by atoms with Gasteiger partial charge in [0.15, 0.2) is 0 Å². The molecule has 0 N–H and O–H groups in total. The number of aromatic nitrogens is 2. The molecule has 2 aliphatic rings. The Labute approximate surface area is 296 Å². The van der Waals surface area contributed by atoms with E-state index in [9.17, 15) is 11.0 Å². The fraction of sp³-hybridized carbons (Fsp3) is 0.0233. The normalized spacial score (nSPS) is 17.1. The molecule has 7 aromatic carbocycles. The quantitative estimate of drug-likeness (QED) is 0.179. The summed E-state index contributed by atoms with van der Waals surface area (Å²) in [5.74, 6) is 1.81. The molecule has 0 fully saturated rings. The maximum Gasteiger partial charge on any atom is 0.260 e. The minimum Gasteiger partial charge on any atom is -0.458 e. The van der Waals surface area contributed by atoms with Crippen molar-refractivity contribution in [3.05, 3.63) is 151 Å². The minimum atomic E-state index is -0.686. The summed E-state index contributed by atoms with van der Waals surface area (Å²) >= 11 is 0. The molecule has 4 nitrogen and oxygen atoms in total. The van der Waals surface area contributed by atoms with Crippen LogP contribution in [0.2, 0.25) is 0 Å². The minimum absolute atomic E-state index is 0.0649. The second-order valence-corrected chi connectivity index (χ2v) is 11.9. The van der Waals surface area contributed by atoms with Crippen LogP contribution in [0.15, 0.2) is 145 Å². The molecule has 0 radical (unpaired) electrons. The van der Waals surface area contributed by atoms with Gasteiger partial charge >= 0.3 is 0 Å². The summed E-state index contributed by atoms with van der Waals surface area (Å²) in [5, 5.41) is -0.623. The van der Waals surface area contributed by atoms with E-state index >= 15 is 0 Å². The second kappa shape index (κ2) is 9.43. The Morgan fingerprint density at radius 3 is 1.85 bits per heavy atom. The van der Waals surface area contributed by atoms with Gasteiger partial charge in [0, 0.05) is 39.1 Å². The zero-order valence-electron chi connectivity index (χ0n) is 39.1. The summed E-state index contributed by atoms with van der Waals surface area (Å²) < 4.78 is 143. The summed E-state index contributed by atoms with van der Waals surface area (Å²) in [4.78, 5) is 0. The molecule has 5 heteroatoms. The van der Waals surface area contributed by atoms with Crippen molar-refractivity contribution in [1.29, 1.82) is 0 Å². The Morgan fingerprint density at radius 1 is 0.562 bits per heavy atom. The summed E-state index contributed by atoms with van der Waals surface area (Å²) in [7, 11) is 0. The maximum atomic E-state index is 9.63. The molecule has 48 heavy (non-hydrogen) atoms. The van der Waals surface area contributed by atoms with Crippen LogP contribution < -0.4 is 25.9 Å². The first-order valence-corrected chi connectivity index (χ1v) is 15.3. The topological polar surface area (TPSA) is 28.3 Å². The SMILES string of the molecule is [2H]c1c([2H])c([2H])c2c(c1[2H])c1c([2H])c([2H])c([2H])c(-n3c4c([2H])c([2H])c([2H])c([2H])c4c4c([2H])c(C)c([2H])c([2H])c43)c1n2-c1cc2c3c(c1)Oc1ccccc1B3c1ccccc1O2. The number of rotatable bonds is 2. The van der Waals surface area contributed by atoms with Gasteiger partial charge in [0.05, 0.1) is 52.6 Å². The third kappa shape index (κ3) is 3.40. The van der Waals surface area contributed by atoms with Crippen LogP contribution in [0.1, 0.15) is 24.8 Å². The van der Waals surface area contributed by atoms with E-state index in [0.717, 1.165) is 15.5 Å². The fourth-order valence-corrected chi connectivity index (χ4v) is 7.32. The first-order chi connectivity index (χ1) is 29.6. The first kappa shape index (κ1) is 16.1. The lowest BCUT2D eigenvalue weighted by molar-refractivity contribution is 0.464. The van der Waals surface area contributed by atoms with Crippen LogP contribution in [0.4, 0.5) is 0 Å². The van der Waals surface area contributed by atoms with Crippen molar-refractivity contribution >= 4 is 66.7 Å². The molecule has 0 bridgehead atoms. The van der Waals surface area contributed by atoms with E-state index in [1.54, 1.807) is 12.1 Å². The zero-order chi connectivity index (χ0) is 43.7. The molecular weight excluding hydrogens is 587 g/mol. The van der Waals surface area contributed by atoms with Crippen LogP contribution >= 0.6 is 0 Å². The highest BCUT2D eigenvalue weighted by Crippen LogP contribution is 2.42. The predicted octanol–water partition coefficient (Wildman–Crippen LogP) is 8.92. The lowest BCUT2D eigenvalue weighted by Crippen LogP contribution is -2.57. The van der Waals surface area contributed by atoms with Crippen LogP contribution in [0.5, 0.6) is 23.0 Å². The second-order valence-electron chi connectivity index (χ2n) is 11.9. The van der Waals surface area contributed by atoms with Crippen molar-refractivity contribution < 1.29 is 28.7 Å². The largest absolute Gasteiger partial charge is 0.458 e. The van der Waals surface area contributed by atoms with Crippen LogP contribution in [0.3, 0.4) is 0 Å². The monoisotopic (exact) mass is 628 g/mol. The van der Waals surface area contributed by atoms with Gasteiger partial charge in [-0.25, -0.2) is 0 Å². The smallest absolute Gasteiger partial charge is 0.260 e. The molecule has 0 atom stereocenters. The van der Waals surface area contributed by atoms with Gasteiger partial charge in [-0.3, -0.25) is 0 Å². The number of ether oxygens (including phenoxy) is 2. The van der Waals surface area contributed by atoms with Gasteiger partial charge in [-0.15, -0.1) is 0 Å². The number of hydrogen-bond acceptors (Lipinski definition) is 2. The Kier molecular flexibility index (Phi) is 3.16. The van der Waals surface area contributed by atoms with Crippen molar-refractivity contribution in [2.45, 2.75) is 6.92 Å². The van der Waals surface area contributed by atoms with Gasteiger partial charge in [0.25, 0.3) is 6.71 Å². The van der Waals surface area contributed by atoms with Gasteiger partial charge in [0.2, 0.25) is 0 Å². The molecule has 0 aliphatic carbocycles. The zero-order valence-corrected chi connectivity index (χ0v) is 25.1. The summed E-state index contributed by atoms with van der Waals surface area (Å²) in [6.45, 7) is 1.13. The predicted molar refractivity (Wildman–Crippen MR) is 198 cm³/mol. The van der Waals surface area contributed by atoms with Crippen molar-refractivity contribution in [3.8, 4) is 34.4 Å². The molecule has 0 saturated carbocycles. The highest BCUT2D eigenvalue weighted by atomic mass is 16.5. The van der Waals surface area contributed by atoms with Crippen molar-refractivity contribution in [1.82, 2.24) is 9.13 Å². The molecule has 0 saturated heterocycles. The van der Waals surface area contributed by atoms with Gasteiger partial charge in [-0.1, -0.05) is 96.3 Å². The molecular formula is C43H27BN2O2. The van der Waals surface area contributed by atoms with E-state index in [-0.39, 0.29) is 79.3 Å². The van der Waals surface area contributed by atoms with Crippen LogP contribution in [-0.2, 0) is 0 Å². The third-order valence-corrected chi connectivity index (χ3v) is 9.24. The summed E-state index contributed by atoms with van der Waals surface area (Å²) in [5.41, 5.74) is 1.59. The molecule has 4 heterocycles. The van der Waals surface area contributed by atoms with E-state index < -0.39 is 72.5 Å². The lowest BCUT2D eigenvalue weighted by Gasteiger charge is -2.33. The molecule has 0 unspecified atom stereocenters. The first-order valence-electron chi connectivity index (χ1n) is 22.3. The Hall–Kier alpha value is -6.20. The molecule has 2 aliphatic heterocycles. The van der Waals surface area contributed by atoms with Gasteiger partial charge in [0.1, 0.15) is 23.0 Å². The van der Waals surface area contributed by atoms with Crippen LogP contribution in [0.25, 0.3) is 55.0 Å². The van der Waals surface area contributed by atoms with E-state index in [1.165, 1.54) is 11.5 Å². The maximum absolute atomic E-state index is 9.63. The average Bonchev–Trinajstić information content (AvgIpc) is 3.81. The van der Waals surface area contributed by atoms with Crippen LogP contribution in [0, 0.1) is 6.92 Å². The number of nitrogens with zero attached hydrogens (tertiary/aromatic N) is 2. The highest BCUT2D eigenvalue weighted by molar-refractivity contribution is 6.98. The third-order valence-electron chi connectivity index (χ3n) is 9.24. The Balaban J connectivity index is 1.39. The number of hydrogen-bond donors (Lipinski definition) is 0. The molecule has 0 amide bonds. The standard InChI is InChI=1S/C43H27BN2O2/c1-26-21-22-36-31(23-26)29-12-3-7-17-35(29)46(36)37-18-10-13-30-28-11-2-6-16-34(28)45(43(30)37)27-24-40-42-41(25-27)48-39-20-9-5-15-33(39)44(42)32-14-4-8-19-38(32)47-40/h2-25H,1H3/i2D,3D,6D,7D,10D,11D,12D,13D,16D,17D,18D,21D,22D,23D. The number of para-hydroxylation sites is 5. The highest BCUT2D eigenvalue weighted by Gasteiger charge is 2.40. The van der Waals surface area contributed by atoms with E-state index in [0.29, 0.717) is 28.5 Å². The Bertz CT molecular complexity index is 3470. The lowest BCUT2D eigenvalue weighted by atomic mass is 9.35. The Morgan fingerprint density at radius 2 is 1.15 bits per heavy atom. The van der Waals surface area contributed by atoms with Crippen LogP contribution in [-0.4, -0.2) is 15.8 Å². The number of benzene rings is 7. The van der Waals surface area contributed by atoms with Crippen molar-refractivity contribution in [2.75, 3.05) is 0 Å². The van der Waals surface area contributed by atoms with E-state index in [2.05, 4.69) is 0 Å². The van der Waals surface area contributed by atoms with Gasteiger partial charge in [-0.05, 0) is 60.2 Å². The van der Waals surface area contributed by atoms with Crippen molar-refractivity contribution in [2.24, 2.45) is 0 Å². The fourth-order valence-electron chi connectivity index (χ4n) is 7.32. The van der Waals surface area contributed by atoms with Crippen molar-refractivity contribution in [3.63, 3.8) is 0 Å². The molecule has 9 aromatic rings.